The Morgan fingerprint density at radius 2 is 1.79 bits per heavy atom. The Morgan fingerprint density at radius 3 is 2.58 bits per heavy atom. The van der Waals surface area contributed by atoms with E-state index in [1.807, 2.05) is 30.3 Å². The number of hydrogen-bond acceptors (Lipinski definition) is 2. The first-order chi connectivity index (χ1) is 9.29. The van der Waals surface area contributed by atoms with Crippen LogP contribution in [0.4, 0.5) is 5.69 Å². The van der Waals surface area contributed by atoms with Crippen molar-refractivity contribution in [3.05, 3.63) is 59.9 Å². The van der Waals surface area contributed by atoms with Crippen LogP contribution in [0.15, 0.2) is 48.5 Å². The molecular weight excluding hydrogens is 234 g/mol. The number of aromatic nitrogens is 2. The lowest BCUT2D eigenvalue weighted by molar-refractivity contribution is 0.754. The number of hydrogen-bond donors (Lipinski definition) is 1. The van der Waals surface area contributed by atoms with Crippen molar-refractivity contribution >= 4 is 16.7 Å². The molecule has 3 nitrogen and oxygen atoms in total. The minimum atomic E-state index is 0.774. The summed E-state index contributed by atoms with van der Waals surface area (Å²) in [5.74, 6) is 1.10. The molecule has 0 bridgehead atoms. The third-order valence-electron chi connectivity index (χ3n) is 3.43. The molecule has 0 aliphatic rings. The van der Waals surface area contributed by atoms with E-state index in [9.17, 15) is 0 Å². The SMILES string of the molecule is CCc1nc2ccccc2n1Cc1ccccc1N. The summed E-state index contributed by atoms with van der Waals surface area (Å²) in [6.45, 7) is 2.91. The van der Waals surface area contributed by atoms with Gasteiger partial charge in [-0.3, -0.25) is 0 Å². The quantitative estimate of drug-likeness (QED) is 0.726. The highest BCUT2D eigenvalue weighted by Gasteiger charge is 2.10. The normalized spacial score (nSPS) is 11.0. The smallest absolute Gasteiger partial charge is 0.109 e. The maximum Gasteiger partial charge on any atom is 0.109 e. The molecule has 2 aromatic carbocycles. The molecule has 3 aromatic rings. The highest BCUT2D eigenvalue weighted by Crippen LogP contribution is 2.20. The van der Waals surface area contributed by atoms with Crippen LogP contribution in [0.1, 0.15) is 18.3 Å². The van der Waals surface area contributed by atoms with Crippen LogP contribution in [0.3, 0.4) is 0 Å². The molecule has 0 radical (unpaired) electrons. The maximum atomic E-state index is 6.04. The van der Waals surface area contributed by atoms with Crippen molar-refractivity contribution in [1.29, 1.82) is 0 Å². The molecule has 3 rings (SSSR count). The van der Waals surface area contributed by atoms with Crippen LogP contribution in [0.5, 0.6) is 0 Å². The summed E-state index contributed by atoms with van der Waals surface area (Å²) in [6, 6.07) is 16.2. The lowest BCUT2D eigenvalue weighted by Crippen LogP contribution is -2.06. The van der Waals surface area contributed by atoms with Gasteiger partial charge in [0.25, 0.3) is 0 Å². The van der Waals surface area contributed by atoms with E-state index in [1.54, 1.807) is 0 Å². The Balaban J connectivity index is 2.12. The fourth-order valence-electron chi connectivity index (χ4n) is 2.42. The number of anilines is 1. The fraction of sp³-hybridized carbons (Fsp3) is 0.188. The van der Waals surface area contributed by atoms with Crippen molar-refractivity contribution in [2.75, 3.05) is 5.73 Å². The molecule has 0 amide bonds. The van der Waals surface area contributed by atoms with E-state index in [2.05, 4.69) is 34.7 Å². The third kappa shape index (κ3) is 2.08. The number of rotatable bonds is 3. The molecule has 3 heteroatoms. The van der Waals surface area contributed by atoms with Crippen LogP contribution in [-0.2, 0) is 13.0 Å². The fourth-order valence-corrected chi connectivity index (χ4v) is 2.42. The van der Waals surface area contributed by atoms with Crippen molar-refractivity contribution in [1.82, 2.24) is 9.55 Å². The number of nitrogen functional groups attached to an aromatic ring is 1. The van der Waals surface area contributed by atoms with E-state index in [-0.39, 0.29) is 0 Å². The Bertz CT molecular complexity index is 713. The molecule has 1 heterocycles. The molecule has 0 aliphatic carbocycles. The van der Waals surface area contributed by atoms with E-state index in [0.29, 0.717) is 0 Å². The van der Waals surface area contributed by atoms with E-state index >= 15 is 0 Å². The molecule has 1 aromatic heterocycles. The Labute approximate surface area is 112 Å². The van der Waals surface area contributed by atoms with Crippen LogP contribution in [0.2, 0.25) is 0 Å². The van der Waals surface area contributed by atoms with Gasteiger partial charge in [0.15, 0.2) is 0 Å². The van der Waals surface area contributed by atoms with Gasteiger partial charge in [0, 0.05) is 12.1 Å². The molecule has 0 saturated heterocycles. The molecule has 0 saturated carbocycles. The molecule has 0 atom stereocenters. The first-order valence-electron chi connectivity index (χ1n) is 6.57. The van der Waals surface area contributed by atoms with Gasteiger partial charge in [-0.15, -0.1) is 0 Å². The molecule has 0 fully saturated rings. The van der Waals surface area contributed by atoms with Gasteiger partial charge in [-0.2, -0.15) is 0 Å². The van der Waals surface area contributed by atoms with E-state index in [0.717, 1.165) is 35.6 Å². The number of para-hydroxylation sites is 3. The first kappa shape index (κ1) is 11.8. The van der Waals surface area contributed by atoms with Crippen LogP contribution in [-0.4, -0.2) is 9.55 Å². The molecule has 0 aliphatic heterocycles. The summed E-state index contributed by atoms with van der Waals surface area (Å²) < 4.78 is 2.25. The monoisotopic (exact) mass is 251 g/mol. The molecule has 19 heavy (non-hydrogen) atoms. The van der Waals surface area contributed by atoms with Gasteiger partial charge in [-0.05, 0) is 23.8 Å². The summed E-state index contributed by atoms with van der Waals surface area (Å²) in [5, 5.41) is 0. The number of benzene rings is 2. The zero-order chi connectivity index (χ0) is 13.2. The Hall–Kier alpha value is -2.29. The van der Waals surface area contributed by atoms with Crippen molar-refractivity contribution in [3.63, 3.8) is 0 Å². The van der Waals surface area contributed by atoms with Crippen molar-refractivity contribution < 1.29 is 0 Å². The highest BCUT2D eigenvalue weighted by atomic mass is 15.1. The number of imidazole rings is 1. The van der Waals surface area contributed by atoms with Crippen LogP contribution < -0.4 is 5.73 Å². The van der Waals surface area contributed by atoms with Gasteiger partial charge < -0.3 is 10.3 Å². The zero-order valence-electron chi connectivity index (χ0n) is 11.0. The molecular formula is C16H17N3. The second kappa shape index (κ2) is 4.76. The summed E-state index contributed by atoms with van der Waals surface area (Å²) in [7, 11) is 0. The molecule has 0 spiro atoms. The summed E-state index contributed by atoms with van der Waals surface area (Å²) in [4.78, 5) is 4.68. The second-order valence-corrected chi connectivity index (χ2v) is 4.66. The van der Waals surface area contributed by atoms with Crippen LogP contribution in [0.25, 0.3) is 11.0 Å². The van der Waals surface area contributed by atoms with Gasteiger partial charge in [0.1, 0.15) is 5.82 Å². The Kier molecular flexibility index (Phi) is 2.95. The van der Waals surface area contributed by atoms with E-state index in [1.165, 1.54) is 5.52 Å². The predicted molar refractivity (Wildman–Crippen MR) is 79.1 cm³/mol. The second-order valence-electron chi connectivity index (χ2n) is 4.66. The zero-order valence-corrected chi connectivity index (χ0v) is 11.0. The number of fused-ring (bicyclic) bond motifs is 1. The number of aryl methyl sites for hydroxylation is 1. The first-order valence-corrected chi connectivity index (χ1v) is 6.57. The largest absolute Gasteiger partial charge is 0.398 e. The van der Waals surface area contributed by atoms with Crippen molar-refractivity contribution in [3.8, 4) is 0 Å². The van der Waals surface area contributed by atoms with Gasteiger partial charge in [-0.25, -0.2) is 4.98 Å². The van der Waals surface area contributed by atoms with Gasteiger partial charge in [0.2, 0.25) is 0 Å². The maximum absolute atomic E-state index is 6.04. The van der Waals surface area contributed by atoms with Gasteiger partial charge >= 0.3 is 0 Å². The van der Waals surface area contributed by atoms with Gasteiger partial charge in [-0.1, -0.05) is 37.3 Å². The number of nitrogens with zero attached hydrogens (tertiary/aromatic N) is 2. The molecule has 0 unspecified atom stereocenters. The highest BCUT2D eigenvalue weighted by molar-refractivity contribution is 5.76. The minimum absolute atomic E-state index is 0.774. The van der Waals surface area contributed by atoms with E-state index < -0.39 is 0 Å². The lowest BCUT2D eigenvalue weighted by atomic mass is 10.2. The van der Waals surface area contributed by atoms with E-state index in [4.69, 9.17) is 5.73 Å². The summed E-state index contributed by atoms with van der Waals surface area (Å²) >= 11 is 0. The minimum Gasteiger partial charge on any atom is -0.398 e. The summed E-state index contributed by atoms with van der Waals surface area (Å²) in [6.07, 6.45) is 0.918. The lowest BCUT2D eigenvalue weighted by Gasteiger charge is -2.10. The topological polar surface area (TPSA) is 43.8 Å². The van der Waals surface area contributed by atoms with Crippen molar-refractivity contribution in [2.24, 2.45) is 0 Å². The number of nitrogens with two attached hydrogens (primary N) is 1. The standard InChI is InChI=1S/C16H17N3/c1-2-16-18-14-9-5-6-10-15(14)19(16)11-12-7-3-4-8-13(12)17/h3-10H,2,11,17H2,1H3. The average molecular weight is 251 g/mol. The predicted octanol–water partition coefficient (Wildman–Crippen LogP) is 3.23. The van der Waals surface area contributed by atoms with Crippen molar-refractivity contribution in [2.45, 2.75) is 19.9 Å². The summed E-state index contributed by atoms with van der Waals surface area (Å²) in [5.41, 5.74) is 10.2. The van der Waals surface area contributed by atoms with Gasteiger partial charge in [0.05, 0.1) is 17.6 Å². The third-order valence-corrected chi connectivity index (χ3v) is 3.43. The Morgan fingerprint density at radius 1 is 1.05 bits per heavy atom. The van der Waals surface area contributed by atoms with Crippen LogP contribution >= 0.6 is 0 Å². The van der Waals surface area contributed by atoms with Crippen LogP contribution in [0, 0.1) is 0 Å². The molecule has 2 N–H and O–H groups in total. The average Bonchev–Trinajstić information content (AvgIpc) is 2.79. The molecule has 96 valence electrons.